The lowest BCUT2D eigenvalue weighted by Crippen LogP contribution is -2.22. The summed E-state index contributed by atoms with van der Waals surface area (Å²) < 4.78 is 37.6. The second-order valence-electron chi connectivity index (χ2n) is 5.97. The van der Waals surface area contributed by atoms with Gasteiger partial charge in [-0.25, -0.2) is 4.98 Å². The Morgan fingerprint density at radius 1 is 1.20 bits per heavy atom. The number of carbonyl (C=O) groups excluding carboxylic acids is 1. The van der Waals surface area contributed by atoms with Gasteiger partial charge in [0.15, 0.2) is 0 Å². The number of aryl methyl sites for hydroxylation is 2. The first-order valence-corrected chi connectivity index (χ1v) is 8.83. The molecule has 1 atom stereocenters. The molecule has 0 aliphatic heterocycles. The summed E-state index contributed by atoms with van der Waals surface area (Å²) in [4.78, 5) is 16.1. The largest absolute Gasteiger partial charge is 0.417 e. The predicted octanol–water partition coefficient (Wildman–Crippen LogP) is 4.71. The van der Waals surface area contributed by atoms with Crippen molar-refractivity contribution in [1.29, 1.82) is 0 Å². The van der Waals surface area contributed by atoms with Gasteiger partial charge in [-0.3, -0.25) is 4.79 Å². The molecule has 1 heterocycles. The number of anilines is 1. The van der Waals surface area contributed by atoms with Crippen LogP contribution in [0.4, 0.5) is 18.9 Å². The summed E-state index contributed by atoms with van der Waals surface area (Å²) in [7, 11) is 0. The van der Waals surface area contributed by atoms with Crippen molar-refractivity contribution in [3.8, 4) is 0 Å². The molecule has 132 valence electrons. The third-order valence-electron chi connectivity index (χ3n) is 4.10. The topological polar surface area (TPSA) is 42.0 Å². The molecule has 0 spiro atoms. The first kappa shape index (κ1) is 17.8. The zero-order valence-electron chi connectivity index (χ0n) is 13.6. The van der Waals surface area contributed by atoms with Gasteiger partial charge in [-0.2, -0.15) is 13.2 Å². The molecule has 0 bridgehead atoms. The monoisotopic (exact) mass is 366 g/mol. The molecule has 3 rings (SSSR count). The third-order valence-corrected chi connectivity index (χ3v) is 5.15. The van der Waals surface area contributed by atoms with Crippen molar-refractivity contribution < 1.29 is 18.0 Å². The Kier molecular flexibility index (Phi) is 5.03. The maximum atomic E-state index is 12.5. The summed E-state index contributed by atoms with van der Waals surface area (Å²) in [6, 6.07) is 8.17. The average molecular weight is 366 g/mol. The molecule has 0 radical (unpaired) electrons. The fourth-order valence-electron chi connectivity index (χ4n) is 2.75. The van der Waals surface area contributed by atoms with Crippen LogP contribution in [0.15, 0.2) is 41.6 Å². The van der Waals surface area contributed by atoms with Gasteiger partial charge in [0.2, 0.25) is 5.91 Å². The summed E-state index contributed by atoms with van der Waals surface area (Å²) in [6.45, 7) is 1.70. The number of fused-ring (bicyclic) bond motifs is 1. The van der Waals surface area contributed by atoms with Gasteiger partial charge < -0.3 is 5.32 Å². The number of alkyl halides is 3. The Morgan fingerprint density at radius 3 is 2.64 bits per heavy atom. The lowest BCUT2D eigenvalue weighted by Gasteiger charge is -2.13. The second-order valence-corrected chi connectivity index (χ2v) is 7.33. The van der Waals surface area contributed by atoms with E-state index in [-0.39, 0.29) is 5.91 Å². The van der Waals surface area contributed by atoms with Crippen molar-refractivity contribution in [1.82, 2.24) is 4.98 Å². The Hall–Kier alpha value is -2.02. The number of aromatic nitrogens is 1. The van der Waals surface area contributed by atoms with E-state index in [0.29, 0.717) is 5.03 Å². The molecule has 1 amide bonds. The minimum Gasteiger partial charge on any atom is -0.325 e. The minimum atomic E-state index is -4.41. The highest BCUT2D eigenvalue weighted by molar-refractivity contribution is 8.00. The summed E-state index contributed by atoms with van der Waals surface area (Å²) in [5, 5.41) is 2.76. The Morgan fingerprint density at radius 2 is 1.96 bits per heavy atom. The third kappa shape index (κ3) is 4.34. The van der Waals surface area contributed by atoms with E-state index in [4.69, 9.17) is 0 Å². The molecule has 3 nitrogen and oxygen atoms in total. The summed E-state index contributed by atoms with van der Waals surface area (Å²) in [5.74, 6) is -0.204. The number of hydrogen-bond acceptors (Lipinski definition) is 3. The van der Waals surface area contributed by atoms with E-state index in [0.717, 1.165) is 49.0 Å². The number of halogens is 3. The maximum Gasteiger partial charge on any atom is 0.417 e. The molecule has 2 aromatic rings. The summed E-state index contributed by atoms with van der Waals surface area (Å²) >= 11 is 1.13. The number of amides is 1. The highest BCUT2D eigenvalue weighted by Crippen LogP contribution is 2.31. The standard InChI is InChI=1S/C18H17F3N2OS/c1-11(25-16-8-6-14(10-22-16)18(19,20)21)17(24)23-15-7-5-12-3-2-4-13(12)9-15/h5-11H,2-4H2,1H3,(H,23,24)/t11-/m1/s1. The van der Waals surface area contributed by atoms with E-state index in [1.165, 1.54) is 17.2 Å². The first-order chi connectivity index (χ1) is 11.8. The number of thioether (sulfide) groups is 1. The van der Waals surface area contributed by atoms with E-state index in [1.807, 2.05) is 18.2 Å². The second kappa shape index (κ2) is 7.07. The van der Waals surface area contributed by atoms with E-state index in [1.54, 1.807) is 6.92 Å². The smallest absolute Gasteiger partial charge is 0.325 e. The average Bonchev–Trinajstić information content (AvgIpc) is 3.02. The molecule has 0 saturated carbocycles. The van der Waals surface area contributed by atoms with E-state index >= 15 is 0 Å². The molecule has 1 aliphatic rings. The molecule has 0 fully saturated rings. The molecule has 1 N–H and O–H groups in total. The fraction of sp³-hybridized carbons (Fsp3) is 0.333. The van der Waals surface area contributed by atoms with Crippen molar-refractivity contribution in [3.05, 3.63) is 53.2 Å². The van der Waals surface area contributed by atoms with Crippen LogP contribution in [0.2, 0.25) is 0 Å². The number of nitrogens with zero attached hydrogens (tertiary/aromatic N) is 1. The molecular formula is C18H17F3N2OS. The van der Waals surface area contributed by atoms with Crippen LogP contribution in [0, 0.1) is 0 Å². The number of carbonyl (C=O) groups is 1. The molecule has 0 unspecified atom stereocenters. The van der Waals surface area contributed by atoms with Crippen LogP contribution in [0.1, 0.15) is 30.0 Å². The normalized spacial score (nSPS) is 14.9. The predicted molar refractivity (Wildman–Crippen MR) is 91.7 cm³/mol. The Bertz CT molecular complexity index is 775. The van der Waals surface area contributed by atoms with Crippen LogP contribution in [0.5, 0.6) is 0 Å². The van der Waals surface area contributed by atoms with E-state index < -0.39 is 17.0 Å². The van der Waals surface area contributed by atoms with Crippen molar-refractivity contribution in [2.75, 3.05) is 5.32 Å². The quantitative estimate of drug-likeness (QED) is 0.797. The number of rotatable bonds is 4. The summed E-state index contributed by atoms with van der Waals surface area (Å²) in [5.41, 5.74) is 2.54. The molecule has 7 heteroatoms. The Labute approximate surface area is 148 Å². The van der Waals surface area contributed by atoms with Gasteiger partial charge in [0.05, 0.1) is 15.8 Å². The van der Waals surface area contributed by atoms with Gasteiger partial charge in [-0.1, -0.05) is 17.8 Å². The lowest BCUT2D eigenvalue weighted by atomic mass is 10.1. The number of pyridine rings is 1. The SMILES string of the molecule is C[C@@H](Sc1ccc(C(F)(F)F)cn1)C(=O)Nc1ccc2c(c1)CCC2. The van der Waals surface area contributed by atoms with Crippen LogP contribution < -0.4 is 5.32 Å². The zero-order valence-corrected chi connectivity index (χ0v) is 14.4. The van der Waals surface area contributed by atoms with Crippen LogP contribution in [0.3, 0.4) is 0 Å². The number of hydrogen-bond donors (Lipinski definition) is 1. The van der Waals surface area contributed by atoms with Crippen molar-refractivity contribution in [2.45, 2.75) is 42.6 Å². The van der Waals surface area contributed by atoms with Crippen LogP contribution >= 0.6 is 11.8 Å². The van der Waals surface area contributed by atoms with Crippen molar-refractivity contribution in [3.63, 3.8) is 0 Å². The minimum absolute atomic E-state index is 0.204. The van der Waals surface area contributed by atoms with Gasteiger partial charge in [0, 0.05) is 11.9 Å². The van der Waals surface area contributed by atoms with Gasteiger partial charge in [0.25, 0.3) is 0 Å². The highest BCUT2D eigenvalue weighted by Gasteiger charge is 2.30. The van der Waals surface area contributed by atoms with Gasteiger partial charge in [-0.15, -0.1) is 0 Å². The van der Waals surface area contributed by atoms with Gasteiger partial charge in [0.1, 0.15) is 0 Å². The first-order valence-electron chi connectivity index (χ1n) is 7.95. The van der Waals surface area contributed by atoms with Gasteiger partial charge >= 0.3 is 6.18 Å². The van der Waals surface area contributed by atoms with E-state index in [2.05, 4.69) is 10.3 Å². The molecular weight excluding hydrogens is 349 g/mol. The van der Waals surface area contributed by atoms with Gasteiger partial charge in [-0.05, 0) is 61.6 Å². The molecule has 1 aromatic carbocycles. The number of nitrogens with one attached hydrogen (secondary N) is 1. The molecule has 1 aromatic heterocycles. The van der Waals surface area contributed by atoms with E-state index in [9.17, 15) is 18.0 Å². The molecule has 0 saturated heterocycles. The van der Waals surface area contributed by atoms with Crippen LogP contribution in [-0.2, 0) is 23.8 Å². The van der Waals surface area contributed by atoms with Crippen molar-refractivity contribution in [2.24, 2.45) is 0 Å². The highest BCUT2D eigenvalue weighted by atomic mass is 32.2. The molecule has 1 aliphatic carbocycles. The number of benzene rings is 1. The lowest BCUT2D eigenvalue weighted by molar-refractivity contribution is -0.137. The maximum absolute atomic E-state index is 12.5. The zero-order chi connectivity index (χ0) is 18.0. The summed E-state index contributed by atoms with van der Waals surface area (Å²) in [6.07, 6.45) is -0.382. The Balaban J connectivity index is 1.61. The fourth-order valence-corrected chi connectivity index (χ4v) is 3.53. The van der Waals surface area contributed by atoms with Crippen molar-refractivity contribution >= 4 is 23.4 Å². The van der Waals surface area contributed by atoms with Crippen LogP contribution in [-0.4, -0.2) is 16.1 Å². The van der Waals surface area contributed by atoms with Crippen LogP contribution in [0.25, 0.3) is 0 Å². The molecule has 25 heavy (non-hydrogen) atoms.